The fourth-order valence-corrected chi connectivity index (χ4v) is 2.64. The van der Waals surface area contributed by atoms with Crippen LogP contribution in [0.3, 0.4) is 0 Å². The number of likely N-dealkylation sites (N-methyl/N-ethyl adjacent to an activating group) is 1. The number of anilines is 1. The first-order valence-electron chi connectivity index (χ1n) is 8.15. The summed E-state index contributed by atoms with van der Waals surface area (Å²) in [7, 11) is 9.39. The Morgan fingerprint density at radius 3 is 2.40 bits per heavy atom. The van der Waals surface area contributed by atoms with Crippen molar-refractivity contribution in [1.29, 1.82) is 0 Å². The van der Waals surface area contributed by atoms with Crippen molar-refractivity contribution < 1.29 is 9.53 Å². The second-order valence-electron chi connectivity index (χ2n) is 6.23. The van der Waals surface area contributed by atoms with Gasteiger partial charge in [-0.3, -0.25) is 4.79 Å². The van der Waals surface area contributed by atoms with Crippen molar-refractivity contribution in [2.75, 3.05) is 46.7 Å². The molecule has 0 aliphatic heterocycles. The molecule has 134 valence electrons. The number of ether oxygens (including phenoxy) is 1. The van der Waals surface area contributed by atoms with Crippen molar-refractivity contribution in [3.05, 3.63) is 53.7 Å². The predicted octanol–water partition coefficient (Wildman–Crippen LogP) is 2.19. The van der Waals surface area contributed by atoms with Crippen molar-refractivity contribution in [3.63, 3.8) is 0 Å². The molecule has 1 heterocycles. The van der Waals surface area contributed by atoms with E-state index in [4.69, 9.17) is 4.74 Å². The quantitative estimate of drug-likeness (QED) is 0.836. The van der Waals surface area contributed by atoms with E-state index in [2.05, 4.69) is 15.2 Å². The summed E-state index contributed by atoms with van der Waals surface area (Å²) in [6.45, 7) is 0.500. The van der Waals surface area contributed by atoms with Crippen LogP contribution in [0.1, 0.15) is 22.0 Å². The Morgan fingerprint density at radius 1 is 1.16 bits per heavy atom. The number of methoxy groups -OCH3 is 1. The summed E-state index contributed by atoms with van der Waals surface area (Å²) >= 11 is 0. The van der Waals surface area contributed by atoms with Crippen LogP contribution in [0.2, 0.25) is 0 Å². The minimum Gasteiger partial charge on any atom is -0.497 e. The maximum Gasteiger partial charge on any atom is 0.255 e. The van der Waals surface area contributed by atoms with Crippen LogP contribution in [0.15, 0.2) is 42.6 Å². The van der Waals surface area contributed by atoms with Gasteiger partial charge in [0.05, 0.1) is 18.7 Å². The SMILES string of the molecule is COc1ccc(C(CNC(=O)c2cccnc2N(C)C)N(C)C)cc1. The van der Waals surface area contributed by atoms with E-state index < -0.39 is 0 Å². The molecule has 6 heteroatoms. The molecular weight excluding hydrogens is 316 g/mol. The first-order chi connectivity index (χ1) is 11.9. The van der Waals surface area contributed by atoms with E-state index >= 15 is 0 Å². The second-order valence-corrected chi connectivity index (χ2v) is 6.23. The number of aromatic nitrogens is 1. The lowest BCUT2D eigenvalue weighted by atomic mass is 10.1. The van der Waals surface area contributed by atoms with Crippen LogP contribution in [-0.4, -0.2) is 57.6 Å². The van der Waals surface area contributed by atoms with E-state index in [1.54, 1.807) is 25.4 Å². The monoisotopic (exact) mass is 342 g/mol. The number of nitrogens with zero attached hydrogens (tertiary/aromatic N) is 3. The molecule has 0 bridgehead atoms. The van der Waals surface area contributed by atoms with Gasteiger partial charge in [0.1, 0.15) is 11.6 Å². The van der Waals surface area contributed by atoms with Gasteiger partial charge in [-0.2, -0.15) is 0 Å². The molecule has 1 aromatic carbocycles. The highest BCUT2D eigenvalue weighted by molar-refractivity contribution is 5.98. The molecule has 25 heavy (non-hydrogen) atoms. The molecule has 2 aromatic rings. The predicted molar refractivity (Wildman–Crippen MR) is 100 cm³/mol. The highest BCUT2D eigenvalue weighted by Crippen LogP contribution is 2.21. The molecule has 0 saturated heterocycles. The minimum atomic E-state index is -0.128. The third kappa shape index (κ3) is 4.70. The zero-order valence-electron chi connectivity index (χ0n) is 15.5. The summed E-state index contributed by atoms with van der Waals surface area (Å²) in [6.07, 6.45) is 1.69. The van der Waals surface area contributed by atoms with E-state index in [1.165, 1.54) is 0 Å². The van der Waals surface area contributed by atoms with Gasteiger partial charge in [-0.1, -0.05) is 12.1 Å². The van der Waals surface area contributed by atoms with Gasteiger partial charge >= 0.3 is 0 Å². The van der Waals surface area contributed by atoms with Gasteiger partial charge in [0.25, 0.3) is 5.91 Å². The molecule has 1 atom stereocenters. The number of rotatable bonds is 7. The summed E-state index contributed by atoms with van der Waals surface area (Å²) in [6, 6.07) is 11.5. The Labute approximate surface area is 149 Å². The van der Waals surface area contributed by atoms with Crippen molar-refractivity contribution in [1.82, 2.24) is 15.2 Å². The lowest BCUT2D eigenvalue weighted by molar-refractivity contribution is 0.0942. The zero-order chi connectivity index (χ0) is 18.4. The molecule has 0 aliphatic rings. The number of carbonyl (C=O) groups is 1. The van der Waals surface area contributed by atoms with E-state index in [9.17, 15) is 4.79 Å². The molecule has 0 radical (unpaired) electrons. The zero-order valence-corrected chi connectivity index (χ0v) is 15.5. The molecule has 6 nitrogen and oxygen atoms in total. The van der Waals surface area contributed by atoms with Crippen LogP contribution in [0.5, 0.6) is 5.75 Å². The summed E-state index contributed by atoms with van der Waals surface area (Å²) in [5, 5.41) is 3.02. The smallest absolute Gasteiger partial charge is 0.255 e. The summed E-state index contributed by atoms with van der Waals surface area (Å²) in [5.41, 5.74) is 1.69. The molecule has 0 aliphatic carbocycles. The maximum atomic E-state index is 12.6. The Kier molecular flexibility index (Phi) is 6.36. The molecule has 0 saturated carbocycles. The summed E-state index contributed by atoms with van der Waals surface area (Å²) in [4.78, 5) is 20.8. The Balaban J connectivity index is 2.12. The highest BCUT2D eigenvalue weighted by atomic mass is 16.5. The van der Waals surface area contributed by atoms with Gasteiger partial charge < -0.3 is 19.9 Å². The Bertz CT molecular complexity index is 699. The number of benzene rings is 1. The van der Waals surface area contributed by atoms with E-state index in [0.29, 0.717) is 17.9 Å². The maximum absolute atomic E-state index is 12.6. The normalized spacial score (nSPS) is 11.9. The molecule has 1 N–H and O–H groups in total. The van der Waals surface area contributed by atoms with E-state index in [1.807, 2.05) is 57.4 Å². The topological polar surface area (TPSA) is 57.7 Å². The fraction of sp³-hybridized carbons (Fsp3) is 0.368. The minimum absolute atomic E-state index is 0.0642. The van der Waals surface area contributed by atoms with Crippen LogP contribution < -0.4 is 15.0 Å². The molecule has 1 amide bonds. The van der Waals surface area contributed by atoms with Crippen molar-refractivity contribution >= 4 is 11.7 Å². The molecule has 0 spiro atoms. The van der Waals surface area contributed by atoms with Crippen molar-refractivity contribution in [3.8, 4) is 5.75 Å². The standard InChI is InChI=1S/C19H26N4O2/c1-22(2)17(14-8-10-15(25-5)11-9-14)13-21-19(24)16-7-6-12-20-18(16)23(3)4/h6-12,17H,13H2,1-5H3,(H,21,24). The Hall–Kier alpha value is -2.60. The van der Waals surface area contributed by atoms with E-state index in [0.717, 1.165) is 11.3 Å². The number of nitrogens with one attached hydrogen (secondary N) is 1. The highest BCUT2D eigenvalue weighted by Gasteiger charge is 2.18. The van der Waals surface area contributed by atoms with Crippen LogP contribution in [-0.2, 0) is 0 Å². The number of pyridine rings is 1. The number of hydrogen-bond acceptors (Lipinski definition) is 5. The van der Waals surface area contributed by atoms with Gasteiger partial charge in [-0.25, -0.2) is 4.98 Å². The van der Waals surface area contributed by atoms with Crippen LogP contribution >= 0.6 is 0 Å². The lowest BCUT2D eigenvalue weighted by Crippen LogP contribution is -2.35. The lowest BCUT2D eigenvalue weighted by Gasteiger charge is -2.25. The average molecular weight is 342 g/mol. The summed E-state index contributed by atoms with van der Waals surface area (Å²) in [5.74, 6) is 1.35. The van der Waals surface area contributed by atoms with E-state index in [-0.39, 0.29) is 11.9 Å². The van der Waals surface area contributed by atoms with Crippen molar-refractivity contribution in [2.45, 2.75) is 6.04 Å². The third-order valence-electron chi connectivity index (χ3n) is 4.03. The Morgan fingerprint density at radius 2 is 1.84 bits per heavy atom. The number of carbonyl (C=O) groups excluding carboxylic acids is 1. The second kappa shape index (κ2) is 8.48. The van der Waals surface area contributed by atoms with Gasteiger partial charge in [0.2, 0.25) is 0 Å². The number of hydrogen-bond donors (Lipinski definition) is 1. The third-order valence-corrected chi connectivity index (χ3v) is 4.03. The molecule has 2 rings (SSSR count). The van der Waals surface area contributed by atoms with Crippen LogP contribution in [0, 0.1) is 0 Å². The summed E-state index contributed by atoms with van der Waals surface area (Å²) < 4.78 is 5.21. The van der Waals surface area contributed by atoms with Gasteiger partial charge in [0.15, 0.2) is 0 Å². The fourth-order valence-electron chi connectivity index (χ4n) is 2.64. The molecular formula is C19H26N4O2. The van der Waals surface area contributed by atoms with Gasteiger partial charge in [0, 0.05) is 26.8 Å². The molecule has 1 unspecified atom stereocenters. The van der Waals surface area contributed by atoms with Crippen LogP contribution in [0.4, 0.5) is 5.82 Å². The first-order valence-corrected chi connectivity index (χ1v) is 8.15. The van der Waals surface area contributed by atoms with Crippen molar-refractivity contribution in [2.24, 2.45) is 0 Å². The van der Waals surface area contributed by atoms with Gasteiger partial charge in [-0.15, -0.1) is 0 Å². The van der Waals surface area contributed by atoms with Gasteiger partial charge in [-0.05, 0) is 43.9 Å². The van der Waals surface area contributed by atoms with Crippen LogP contribution in [0.25, 0.3) is 0 Å². The first kappa shape index (κ1) is 18.7. The number of amides is 1. The molecule has 1 aromatic heterocycles. The largest absolute Gasteiger partial charge is 0.497 e. The molecule has 0 fully saturated rings. The average Bonchev–Trinajstić information content (AvgIpc) is 2.62.